The maximum absolute atomic E-state index is 12.4. The number of anilines is 1. The summed E-state index contributed by atoms with van der Waals surface area (Å²) in [5, 5.41) is 2.93. The third-order valence-electron chi connectivity index (χ3n) is 4.74. The Bertz CT molecular complexity index is 930. The molecule has 2 aromatic heterocycles. The molecule has 1 saturated heterocycles. The average molecular weight is 405 g/mol. The van der Waals surface area contributed by atoms with Crippen LogP contribution in [0.2, 0.25) is 0 Å². The molecule has 1 N–H and O–H groups in total. The lowest BCUT2D eigenvalue weighted by Crippen LogP contribution is -2.42. The molecule has 154 valence electrons. The Kier molecular flexibility index (Phi) is 6.46. The number of piperidine rings is 1. The number of pyridine rings is 1. The van der Waals surface area contributed by atoms with Crippen molar-refractivity contribution in [1.29, 1.82) is 0 Å². The van der Waals surface area contributed by atoms with Crippen molar-refractivity contribution < 1.29 is 14.3 Å². The number of benzene rings is 1. The predicted octanol–water partition coefficient (Wildman–Crippen LogP) is 3.15. The van der Waals surface area contributed by atoms with E-state index in [1.807, 2.05) is 36.4 Å². The summed E-state index contributed by atoms with van der Waals surface area (Å²) in [7, 11) is 0. The van der Waals surface area contributed by atoms with Gasteiger partial charge in [-0.25, -0.2) is 4.98 Å². The highest BCUT2D eigenvalue weighted by Crippen LogP contribution is 2.22. The van der Waals surface area contributed by atoms with E-state index in [-0.39, 0.29) is 12.0 Å². The number of rotatable bonds is 7. The second-order valence-electron chi connectivity index (χ2n) is 7.00. The molecular formula is C22H23N5O3. The molecule has 1 fully saturated rings. The summed E-state index contributed by atoms with van der Waals surface area (Å²) in [5.41, 5.74) is 0.736. The first kappa shape index (κ1) is 19.8. The number of carbonyl (C=O) groups is 1. The number of amides is 1. The van der Waals surface area contributed by atoms with Gasteiger partial charge in [0, 0.05) is 37.4 Å². The highest BCUT2D eigenvalue weighted by molar-refractivity contribution is 5.92. The predicted molar refractivity (Wildman–Crippen MR) is 112 cm³/mol. The van der Waals surface area contributed by atoms with E-state index in [1.54, 1.807) is 31.0 Å². The Balaban J connectivity index is 1.20. The molecule has 30 heavy (non-hydrogen) atoms. The van der Waals surface area contributed by atoms with Crippen molar-refractivity contribution in [3.63, 3.8) is 0 Å². The monoisotopic (exact) mass is 405 g/mol. The lowest BCUT2D eigenvalue weighted by Gasteiger charge is -2.31. The van der Waals surface area contributed by atoms with Gasteiger partial charge in [0.05, 0.1) is 18.9 Å². The van der Waals surface area contributed by atoms with E-state index in [2.05, 4.69) is 25.2 Å². The number of ether oxygens (including phenoxy) is 2. The molecule has 4 rings (SSSR count). The van der Waals surface area contributed by atoms with Crippen LogP contribution in [0.25, 0.3) is 0 Å². The Morgan fingerprint density at radius 2 is 1.80 bits per heavy atom. The van der Waals surface area contributed by atoms with Crippen LogP contribution in [0.1, 0.15) is 12.8 Å². The van der Waals surface area contributed by atoms with Crippen LogP contribution in [-0.2, 0) is 4.79 Å². The van der Waals surface area contributed by atoms with E-state index in [4.69, 9.17) is 9.47 Å². The third-order valence-corrected chi connectivity index (χ3v) is 4.74. The van der Waals surface area contributed by atoms with Crippen LogP contribution in [0, 0.1) is 0 Å². The summed E-state index contributed by atoms with van der Waals surface area (Å²) in [6.07, 6.45) is 10.0. The van der Waals surface area contributed by atoms with Crippen molar-refractivity contribution in [2.75, 3.05) is 25.0 Å². The zero-order valence-corrected chi connectivity index (χ0v) is 16.5. The molecule has 3 heterocycles. The molecule has 0 saturated carbocycles. The molecular weight excluding hydrogens is 382 g/mol. The number of nitrogens with zero attached hydrogens (tertiary/aromatic N) is 4. The fourth-order valence-electron chi connectivity index (χ4n) is 3.26. The van der Waals surface area contributed by atoms with Gasteiger partial charge in [0.2, 0.25) is 11.8 Å². The van der Waals surface area contributed by atoms with Crippen molar-refractivity contribution in [3.05, 3.63) is 67.4 Å². The summed E-state index contributed by atoms with van der Waals surface area (Å²) in [6, 6.07) is 10.9. The quantitative estimate of drug-likeness (QED) is 0.646. The van der Waals surface area contributed by atoms with Gasteiger partial charge in [-0.05, 0) is 49.2 Å². The molecule has 0 radical (unpaired) electrons. The minimum atomic E-state index is -0.0378. The smallest absolute Gasteiger partial charge is 0.238 e. The van der Waals surface area contributed by atoms with Gasteiger partial charge in [0.15, 0.2) is 0 Å². The van der Waals surface area contributed by atoms with Crippen LogP contribution < -0.4 is 14.8 Å². The summed E-state index contributed by atoms with van der Waals surface area (Å²) in [5.74, 6) is 1.86. The van der Waals surface area contributed by atoms with Crippen LogP contribution in [0.5, 0.6) is 17.4 Å². The van der Waals surface area contributed by atoms with E-state index in [9.17, 15) is 4.79 Å². The molecule has 0 unspecified atom stereocenters. The standard InChI is InChI=1S/C22H23N5O3/c28-21(16-27-12-7-19(8-13-27)30-22-15-24-10-11-25-22)26-17-3-5-18(6-4-17)29-20-2-1-9-23-14-20/h1-6,9-11,14-15,19H,7-8,12-13,16H2,(H,26,28). The fourth-order valence-corrected chi connectivity index (χ4v) is 3.26. The lowest BCUT2D eigenvalue weighted by atomic mass is 10.1. The van der Waals surface area contributed by atoms with Crippen molar-refractivity contribution in [2.45, 2.75) is 18.9 Å². The molecule has 8 nitrogen and oxygen atoms in total. The minimum absolute atomic E-state index is 0.0378. The number of hydrogen-bond acceptors (Lipinski definition) is 7. The molecule has 8 heteroatoms. The highest BCUT2D eigenvalue weighted by Gasteiger charge is 2.22. The van der Waals surface area contributed by atoms with Crippen molar-refractivity contribution in [2.24, 2.45) is 0 Å². The van der Waals surface area contributed by atoms with Crippen LogP contribution in [0.4, 0.5) is 5.69 Å². The van der Waals surface area contributed by atoms with Crippen molar-refractivity contribution >= 4 is 11.6 Å². The first-order valence-electron chi connectivity index (χ1n) is 9.87. The number of nitrogens with one attached hydrogen (secondary N) is 1. The van der Waals surface area contributed by atoms with Gasteiger partial charge in [-0.1, -0.05) is 0 Å². The highest BCUT2D eigenvalue weighted by atomic mass is 16.5. The van der Waals surface area contributed by atoms with Gasteiger partial charge in [-0.3, -0.25) is 19.7 Å². The topological polar surface area (TPSA) is 89.5 Å². The maximum atomic E-state index is 12.4. The molecule has 1 aliphatic rings. The fraction of sp³-hybridized carbons (Fsp3) is 0.273. The average Bonchev–Trinajstić information content (AvgIpc) is 2.78. The SMILES string of the molecule is O=C(CN1CCC(Oc2cnccn2)CC1)Nc1ccc(Oc2cccnc2)cc1. The summed E-state index contributed by atoms with van der Waals surface area (Å²) >= 11 is 0. The van der Waals surface area contributed by atoms with Gasteiger partial charge in [-0.2, -0.15) is 0 Å². The first-order chi connectivity index (χ1) is 14.7. The van der Waals surface area contributed by atoms with Gasteiger partial charge in [0.1, 0.15) is 17.6 Å². The van der Waals surface area contributed by atoms with E-state index in [1.165, 1.54) is 0 Å². The summed E-state index contributed by atoms with van der Waals surface area (Å²) in [6.45, 7) is 1.96. The maximum Gasteiger partial charge on any atom is 0.238 e. The van der Waals surface area contributed by atoms with Crippen molar-refractivity contribution in [1.82, 2.24) is 19.9 Å². The van der Waals surface area contributed by atoms with Crippen LogP contribution in [-0.4, -0.2) is 51.5 Å². The Labute approximate surface area is 174 Å². The Morgan fingerprint density at radius 1 is 1.00 bits per heavy atom. The molecule has 0 spiro atoms. The van der Waals surface area contributed by atoms with Crippen molar-refractivity contribution in [3.8, 4) is 17.4 Å². The molecule has 0 atom stereocenters. The molecule has 0 bridgehead atoms. The molecule has 1 aromatic carbocycles. The molecule has 1 aliphatic heterocycles. The van der Waals surface area contributed by atoms with E-state index >= 15 is 0 Å². The van der Waals surface area contributed by atoms with Gasteiger partial charge in [-0.15, -0.1) is 0 Å². The van der Waals surface area contributed by atoms with E-state index in [0.29, 0.717) is 23.9 Å². The lowest BCUT2D eigenvalue weighted by molar-refractivity contribution is -0.117. The largest absolute Gasteiger partial charge is 0.473 e. The number of hydrogen-bond donors (Lipinski definition) is 1. The second-order valence-corrected chi connectivity index (χ2v) is 7.00. The number of carbonyl (C=O) groups excluding carboxylic acids is 1. The number of likely N-dealkylation sites (tertiary alicyclic amines) is 1. The van der Waals surface area contributed by atoms with Gasteiger partial charge >= 0.3 is 0 Å². The normalized spacial score (nSPS) is 14.8. The van der Waals surface area contributed by atoms with Crippen LogP contribution in [0.3, 0.4) is 0 Å². The van der Waals surface area contributed by atoms with Crippen LogP contribution in [0.15, 0.2) is 67.4 Å². The zero-order chi connectivity index (χ0) is 20.6. The Morgan fingerprint density at radius 3 is 2.50 bits per heavy atom. The minimum Gasteiger partial charge on any atom is -0.473 e. The van der Waals surface area contributed by atoms with E-state index < -0.39 is 0 Å². The third kappa shape index (κ3) is 5.74. The summed E-state index contributed by atoms with van der Waals surface area (Å²) < 4.78 is 11.6. The van der Waals surface area contributed by atoms with Gasteiger partial charge in [0.25, 0.3) is 0 Å². The Hall–Kier alpha value is -3.52. The second kappa shape index (κ2) is 9.80. The molecule has 3 aromatic rings. The molecule has 1 amide bonds. The zero-order valence-electron chi connectivity index (χ0n) is 16.5. The first-order valence-corrected chi connectivity index (χ1v) is 9.87. The summed E-state index contributed by atoms with van der Waals surface area (Å²) in [4.78, 5) is 26.7. The molecule has 0 aliphatic carbocycles. The van der Waals surface area contributed by atoms with Gasteiger partial charge < -0.3 is 14.8 Å². The van der Waals surface area contributed by atoms with Crippen LogP contribution >= 0.6 is 0 Å². The van der Waals surface area contributed by atoms with E-state index in [0.717, 1.165) is 31.6 Å². The number of aromatic nitrogens is 3.